The third kappa shape index (κ3) is 4.09. The van der Waals surface area contributed by atoms with Crippen LogP contribution < -0.4 is 10.2 Å². The summed E-state index contributed by atoms with van der Waals surface area (Å²) in [6, 6.07) is 4.67. The van der Waals surface area contributed by atoms with E-state index >= 15 is 0 Å². The molecule has 7 nitrogen and oxygen atoms in total. The summed E-state index contributed by atoms with van der Waals surface area (Å²) in [5, 5.41) is 3.81. The second-order valence-corrected chi connectivity index (χ2v) is 11.3. The highest BCUT2D eigenvalue weighted by Gasteiger charge is 2.59. The summed E-state index contributed by atoms with van der Waals surface area (Å²) in [6.07, 6.45) is 2.27. The Balaban J connectivity index is 1.13. The van der Waals surface area contributed by atoms with Gasteiger partial charge in [-0.15, -0.1) is 0 Å². The zero-order valence-electron chi connectivity index (χ0n) is 20.7. The largest absolute Gasteiger partial charge is 0.433 e. The molecule has 0 radical (unpaired) electrons. The van der Waals surface area contributed by atoms with Gasteiger partial charge in [-0.05, 0) is 56.6 Å². The zero-order valence-corrected chi connectivity index (χ0v) is 20.7. The second kappa shape index (κ2) is 9.13. The van der Waals surface area contributed by atoms with Gasteiger partial charge in [-0.1, -0.05) is 12.5 Å². The van der Waals surface area contributed by atoms with Gasteiger partial charge in [0, 0.05) is 38.9 Å². The monoisotopic (exact) mass is 508 g/mol. The molecule has 0 unspecified atom stereocenters. The van der Waals surface area contributed by atoms with Gasteiger partial charge in [0.25, 0.3) is 0 Å². The molecule has 5 fully saturated rings. The van der Waals surface area contributed by atoms with Crippen LogP contribution in [0, 0.1) is 11.3 Å². The first-order valence-corrected chi connectivity index (χ1v) is 13.3. The lowest BCUT2D eigenvalue weighted by atomic mass is 9.78. The molecule has 3 aliphatic heterocycles. The number of hydrogen-bond donors (Lipinski definition) is 1. The quantitative estimate of drug-likeness (QED) is 0.659. The van der Waals surface area contributed by atoms with E-state index in [1.54, 1.807) is 13.2 Å². The van der Waals surface area contributed by atoms with Gasteiger partial charge in [0.15, 0.2) is 0 Å². The van der Waals surface area contributed by atoms with Crippen molar-refractivity contribution in [3.05, 3.63) is 23.9 Å². The minimum Gasteiger partial charge on any atom is -0.379 e. The van der Waals surface area contributed by atoms with Crippen LogP contribution in [0.4, 0.5) is 19.0 Å². The third-order valence-corrected chi connectivity index (χ3v) is 9.44. The Hall–Kier alpha value is -1.91. The Morgan fingerprint density at radius 1 is 1.22 bits per heavy atom. The van der Waals surface area contributed by atoms with Crippen molar-refractivity contribution in [3.8, 4) is 0 Å². The molecule has 7 atom stereocenters. The summed E-state index contributed by atoms with van der Waals surface area (Å²) >= 11 is 0. The number of halogens is 3. The predicted molar refractivity (Wildman–Crippen MR) is 126 cm³/mol. The number of methoxy groups -OCH3 is 1. The Morgan fingerprint density at radius 2 is 2.08 bits per heavy atom. The molecule has 2 aliphatic carbocycles. The number of hydrogen-bond acceptors (Lipinski definition) is 6. The average Bonchev–Trinajstić information content (AvgIpc) is 3.63. The molecular weight excluding hydrogens is 473 g/mol. The van der Waals surface area contributed by atoms with Crippen molar-refractivity contribution >= 4 is 11.7 Å². The van der Waals surface area contributed by atoms with E-state index in [4.69, 9.17) is 9.47 Å². The first-order chi connectivity index (χ1) is 17.3. The summed E-state index contributed by atoms with van der Waals surface area (Å²) < 4.78 is 50.7. The van der Waals surface area contributed by atoms with Gasteiger partial charge in [-0.3, -0.25) is 4.79 Å². The van der Waals surface area contributed by atoms with Crippen molar-refractivity contribution in [3.63, 3.8) is 0 Å². The highest BCUT2D eigenvalue weighted by molar-refractivity contribution is 5.85. The standard InChI is InChI=1S/C26H35F3N4O3/c1-35-21-15-36-9-7-20(21)30-17-10-16-4-3-8-25(16,12-17)24(34)33-14-18-11-19(33)13-32(18)23-6-2-5-22(31-23)26(27,28)29/h2,5-6,16-21,30H,3-4,7-15H2,1H3/t16-,17-,18+,19+,20+,21-,25-/m1/s1. The number of piperazine rings is 1. The van der Waals surface area contributed by atoms with E-state index in [2.05, 4.69) is 15.2 Å². The summed E-state index contributed by atoms with van der Waals surface area (Å²) in [5.41, 5.74) is -1.18. The molecular formula is C26H35F3N4O3. The Labute approximate surface area is 209 Å². The van der Waals surface area contributed by atoms with E-state index in [1.807, 2.05) is 4.90 Å². The number of carbonyl (C=O) groups excluding carboxylic acids is 1. The van der Waals surface area contributed by atoms with Gasteiger partial charge in [0.1, 0.15) is 11.5 Å². The van der Waals surface area contributed by atoms with Crippen LogP contribution in [-0.4, -0.2) is 79.5 Å². The topological polar surface area (TPSA) is 66.9 Å². The maximum Gasteiger partial charge on any atom is 0.433 e. The first kappa shape index (κ1) is 24.4. The number of carbonyl (C=O) groups is 1. The number of rotatable bonds is 5. The van der Waals surface area contributed by atoms with Gasteiger partial charge >= 0.3 is 6.18 Å². The summed E-state index contributed by atoms with van der Waals surface area (Å²) in [4.78, 5) is 22.0. The first-order valence-electron chi connectivity index (χ1n) is 13.3. The van der Waals surface area contributed by atoms with Gasteiger partial charge in [-0.2, -0.15) is 13.2 Å². The lowest BCUT2D eigenvalue weighted by Crippen LogP contribution is -2.54. The van der Waals surface area contributed by atoms with Crippen LogP contribution in [-0.2, 0) is 20.4 Å². The molecule has 2 bridgehead atoms. The van der Waals surface area contributed by atoms with Crippen LogP contribution in [0.1, 0.15) is 50.6 Å². The fourth-order valence-electron chi connectivity index (χ4n) is 7.78. The number of likely N-dealkylation sites (tertiary alicyclic amines) is 1. The van der Waals surface area contributed by atoms with E-state index in [0.29, 0.717) is 37.5 Å². The number of nitrogens with zero attached hydrogens (tertiary/aromatic N) is 3. The van der Waals surface area contributed by atoms with E-state index in [-0.39, 0.29) is 35.6 Å². The SMILES string of the molecule is CO[C@@H]1COCC[C@@H]1N[C@@H]1C[C@H]2CCC[C@@]2(C(=O)N2C[C@@H]3C[C@H]2CN3c2cccc(C(F)(F)F)n2)C1. The highest BCUT2D eigenvalue weighted by atomic mass is 19.4. The maximum absolute atomic E-state index is 14.1. The van der Waals surface area contributed by atoms with Crippen LogP contribution >= 0.6 is 0 Å². The van der Waals surface area contributed by atoms with Crippen molar-refractivity contribution in [2.24, 2.45) is 11.3 Å². The number of fused-ring (bicyclic) bond motifs is 3. The molecule has 6 rings (SSSR count). The molecule has 2 saturated carbocycles. The number of amides is 1. The molecule has 198 valence electrons. The number of aromatic nitrogens is 1. The summed E-state index contributed by atoms with van der Waals surface area (Å²) in [7, 11) is 1.73. The van der Waals surface area contributed by atoms with Crippen molar-refractivity contribution in [2.45, 2.75) is 81.4 Å². The summed E-state index contributed by atoms with van der Waals surface area (Å²) in [5.74, 6) is 1.02. The van der Waals surface area contributed by atoms with Crippen LogP contribution in [0.25, 0.3) is 0 Å². The van der Waals surface area contributed by atoms with Crippen LogP contribution in [0.5, 0.6) is 0 Å². The van der Waals surface area contributed by atoms with Crippen LogP contribution in [0.3, 0.4) is 0 Å². The fourth-order valence-corrected chi connectivity index (χ4v) is 7.78. The van der Waals surface area contributed by atoms with E-state index in [1.165, 1.54) is 6.07 Å². The maximum atomic E-state index is 14.1. The fraction of sp³-hybridized carbons (Fsp3) is 0.769. The molecule has 1 N–H and O–H groups in total. The van der Waals surface area contributed by atoms with E-state index in [0.717, 1.165) is 57.6 Å². The predicted octanol–water partition coefficient (Wildman–Crippen LogP) is 3.23. The number of nitrogens with one attached hydrogen (secondary N) is 1. The third-order valence-electron chi connectivity index (χ3n) is 9.44. The zero-order chi connectivity index (χ0) is 25.1. The van der Waals surface area contributed by atoms with Crippen LogP contribution in [0.15, 0.2) is 18.2 Å². The molecule has 36 heavy (non-hydrogen) atoms. The number of ether oxygens (including phenoxy) is 2. The van der Waals surface area contributed by atoms with E-state index < -0.39 is 11.9 Å². The molecule has 1 amide bonds. The molecule has 3 saturated heterocycles. The van der Waals surface area contributed by atoms with Crippen LogP contribution in [0.2, 0.25) is 0 Å². The molecule has 5 aliphatic rings. The van der Waals surface area contributed by atoms with Gasteiger partial charge in [-0.25, -0.2) is 4.98 Å². The lowest BCUT2D eigenvalue weighted by Gasteiger charge is -2.40. The Bertz CT molecular complexity index is 993. The molecule has 1 aromatic heterocycles. The number of alkyl halides is 3. The number of pyridine rings is 1. The van der Waals surface area contributed by atoms with Gasteiger partial charge in [0.05, 0.1) is 30.2 Å². The van der Waals surface area contributed by atoms with Crippen molar-refractivity contribution in [1.29, 1.82) is 0 Å². The van der Waals surface area contributed by atoms with Crippen molar-refractivity contribution in [1.82, 2.24) is 15.2 Å². The normalized spacial score (nSPS) is 38.1. The molecule has 4 heterocycles. The van der Waals surface area contributed by atoms with Gasteiger partial charge < -0.3 is 24.6 Å². The smallest absolute Gasteiger partial charge is 0.379 e. The molecule has 10 heteroatoms. The average molecular weight is 509 g/mol. The Morgan fingerprint density at radius 3 is 2.83 bits per heavy atom. The highest BCUT2D eigenvalue weighted by Crippen LogP contribution is 2.56. The second-order valence-electron chi connectivity index (χ2n) is 11.3. The molecule has 1 aromatic rings. The Kier molecular flexibility index (Phi) is 6.20. The summed E-state index contributed by atoms with van der Waals surface area (Å²) in [6.45, 7) is 2.44. The number of anilines is 1. The molecule has 0 spiro atoms. The van der Waals surface area contributed by atoms with Gasteiger partial charge in [0.2, 0.25) is 5.91 Å². The molecule has 0 aromatic carbocycles. The minimum atomic E-state index is -4.46. The van der Waals surface area contributed by atoms with E-state index in [9.17, 15) is 18.0 Å². The lowest BCUT2D eigenvalue weighted by molar-refractivity contribution is -0.144. The van der Waals surface area contributed by atoms with Crippen molar-refractivity contribution in [2.75, 3.05) is 38.3 Å². The van der Waals surface area contributed by atoms with Crippen molar-refractivity contribution < 1.29 is 27.4 Å². The minimum absolute atomic E-state index is 0.0196.